The van der Waals surface area contributed by atoms with E-state index in [1.807, 2.05) is 13.0 Å². The van der Waals surface area contributed by atoms with Gasteiger partial charge in [0.15, 0.2) is 0 Å². The van der Waals surface area contributed by atoms with Crippen molar-refractivity contribution in [3.8, 4) is 0 Å². The van der Waals surface area contributed by atoms with E-state index in [2.05, 4.69) is 48.6 Å². The molecule has 0 atom stereocenters. The molecule has 1 heteroatoms. The van der Waals surface area contributed by atoms with Gasteiger partial charge in [0.1, 0.15) is 0 Å². The van der Waals surface area contributed by atoms with Gasteiger partial charge in [-0.15, -0.1) is 6.58 Å². The first kappa shape index (κ1) is 11.4. The maximum Gasteiger partial charge on any atom is 0.0328 e. The van der Waals surface area contributed by atoms with E-state index in [1.54, 1.807) is 0 Å². The van der Waals surface area contributed by atoms with Crippen LogP contribution in [0.25, 0.3) is 0 Å². The summed E-state index contributed by atoms with van der Waals surface area (Å²) in [6.45, 7) is 9.16. The number of rotatable bonds is 5. The molecule has 0 spiro atoms. The van der Waals surface area contributed by atoms with Crippen LogP contribution in [-0.2, 0) is 12.8 Å². The number of allylic oxidation sites excluding steroid dienone is 3. The molecule has 0 unspecified atom stereocenters. The standard InChI is InChI=1S/C14H17N/c1-4-5-13-8-10-14(11-9-13)7-6-12(2)15-3/h4,6,8-11H,1,3,5,7H2,2H3/b12-6-. The normalized spacial score (nSPS) is 11.1. The molecule has 78 valence electrons. The zero-order valence-electron chi connectivity index (χ0n) is 9.24. The van der Waals surface area contributed by atoms with Gasteiger partial charge in [0.25, 0.3) is 0 Å². The van der Waals surface area contributed by atoms with Crippen LogP contribution < -0.4 is 0 Å². The second-order valence-electron chi connectivity index (χ2n) is 3.52. The van der Waals surface area contributed by atoms with Gasteiger partial charge in [0, 0.05) is 5.70 Å². The average Bonchev–Trinajstić information content (AvgIpc) is 2.28. The quantitative estimate of drug-likeness (QED) is 0.508. The van der Waals surface area contributed by atoms with E-state index in [-0.39, 0.29) is 0 Å². The second-order valence-corrected chi connectivity index (χ2v) is 3.52. The zero-order valence-corrected chi connectivity index (χ0v) is 9.24. The smallest absolute Gasteiger partial charge is 0.0328 e. The van der Waals surface area contributed by atoms with Crippen molar-refractivity contribution in [1.29, 1.82) is 0 Å². The van der Waals surface area contributed by atoms with E-state index in [1.165, 1.54) is 11.1 Å². The average molecular weight is 199 g/mol. The Morgan fingerprint density at radius 1 is 1.20 bits per heavy atom. The third-order valence-corrected chi connectivity index (χ3v) is 2.29. The highest BCUT2D eigenvalue weighted by atomic mass is 14.7. The maximum atomic E-state index is 3.85. The van der Waals surface area contributed by atoms with Crippen LogP contribution in [0.15, 0.2) is 53.7 Å². The van der Waals surface area contributed by atoms with Crippen molar-refractivity contribution in [3.63, 3.8) is 0 Å². The van der Waals surface area contributed by atoms with Gasteiger partial charge in [-0.2, -0.15) is 0 Å². The molecule has 1 aromatic carbocycles. The van der Waals surface area contributed by atoms with Crippen LogP contribution >= 0.6 is 0 Å². The molecular formula is C14H17N. The van der Waals surface area contributed by atoms with E-state index >= 15 is 0 Å². The molecule has 1 rings (SSSR count). The van der Waals surface area contributed by atoms with Gasteiger partial charge in [-0.25, -0.2) is 0 Å². The summed E-state index contributed by atoms with van der Waals surface area (Å²) >= 11 is 0. The highest BCUT2D eigenvalue weighted by Gasteiger charge is 1.92. The van der Waals surface area contributed by atoms with Crippen molar-refractivity contribution >= 4 is 6.72 Å². The SMILES string of the molecule is C=CCc1ccc(C/C=C(/C)N=C)cc1. The summed E-state index contributed by atoms with van der Waals surface area (Å²) in [4.78, 5) is 3.85. The van der Waals surface area contributed by atoms with Crippen molar-refractivity contribution in [3.05, 3.63) is 59.8 Å². The Hall–Kier alpha value is -1.63. The molecule has 0 fully saturated rings. The number of hydrogen-bond donors (Lipinski definition) is 0. The Labute approximate surface area is 91.9 Å². The van der Waals surface area contributed by atoms with Crippen LogP contribution in [-0.4, -0.2) is 6.72 Å². The third kappa shape index (κ3) is 3.94. The van der Waals surface area contributed by atoms with Gasteiger partial charge in [-0.05, 0) is 37.6 Å². The Bertz CT molecular complexity index is 357. The summed E-state index contributed by atoms with van der Waals surface area (Å²) in [7, 11) is 0. The lowest BCUT2D eigenvalue weighted by molar-refractivity contribution is 1.18. The van der Waals surface area contributed by atoms with Crippen molar-refractivity contribution in [2.75, 3.05) is 0 Å². The van der Waals surface area contributed by atoms with Crippen LogP contribution in [0.5, 0.6) is 0 Å². The molecule has 0 saturated heterocycles. The van der Waals surface area contributed by atoms with Crippen LogP contribution in [0.4, 0.5) is 0 Å². The zero-order chi connectivity index (χ0) is 11.1. The predicted molar refractivity (Wildman–Crippen MR) is 67.4 cm³/mol. The minimum absolute atomic E-state index is 0.916. The summed E-state index contributed by atoms with van der Waals surface area (Å²) in [6.07, 6.45) is 5.85. The molecule has 0 saturated carbocycles. The lowest BCUT2D eigenvalue weighted by Gasteiger charge is -2.00. The lowest BCUT2D eigenvalue weighted by atomic mass is 10.1. The highest BCUT2D eigenvalue weighted by Crippen LogP contribution is 2.07. The van der Waals surface area contributed by atoms with Gasteiger partial charge in [0.05, 0.1) is 0 Å². The Kier molecular flexibility index (Phi) is 4.55. The second kappa shape index (κ2) is 5.97. The van der Waals surface area contributed by atoms with Crippen LogP contribution in [0.2, 0.25) is 0 Å². The molecule has 0 amide bonds. The van der Waals surface area contributed by atoms with Crippen LogP contribution in [0, 0.1) is 0 Å². The molecule has 0 radical (unpaired) electrons. The van der Waals surface area contributed by atoms with Crippen molar-refractivity contribution in [2.24, 2.45) is 4.99 Å². The van der Waals surface area contributed by atoms with Crippen LogP contribution in [0.1, 0.15) is 18.1 Å². The minimum atomic E-state index is 0.916. The number of benzene rings is 1. The van der Waals surface area contributed by atoms with Gasteiger partial charge in [-0.3, -0.25) is 4.99 Å². The fourth-order valence-corrected chi connectivity index (χ4v) is 1.31. The van der Waals surface area contributed by atoms with E-state index in [4.69, 9.17) is 0 Å². The Balaban J connectivity index is 2.64. The monoisotopic (exact) mass is 199 g/mol. The van der Waals surface area contributed by atoms with E-state index in [9.17, 15) is 0 Å². The highest BCUT2D eigenvalue weighted by molar-refractivity contribution is 5.30. The van der Waals surface area contributed by atoms with Crippen molar-refractivity contribution in [2.45, 2.75) is 19.8 Å². The molecule has 0 aromatic heterocycles. The first-order valence-corrected chi connectivity index (χ1v) is 5.08. The number of hydrogen-bond acceptors (Lipinski definition) is 1. The van der Waals surface area contributed by atoms with Gasteiger partial charge in [-0.1, -0.05) is 36.4 Å². The van der Waals surface area contributed by atoms with Gasteiger partial charge in [0.2, 0.25) is 0 Å². The van der Waals surface area contributed by atoms with Crippen LogP contribution in [0.3, 0.4) is 0 Å². The third-order valence-electron chi connectivity index (χ3n) is 2.29. The molecule has 1 nitrogen and oxygen atoms in total. The molecule has 0 aliphatic carbocycles. The molecule has 0 N–H and O–H groups in total. The fraction of sp³-hybridized carbons (Fsp3) is 0.214. The first-order valence-electron chi connectivity index (χ1n) is 5.08. The molecular weight excluding hydrogens is 182 g/mol. The number of nitrogens with zero attached hydrogens (tertiary/aromatic N) is 1. The van der Waals surface area contributed by atoms with Crippen molar-refractivity contribution < 1.29 is 0 Å². The van der Waals surface area contributed by atoms with Gasteiger partial charge >= 0.3 is 0 Å². The molecule has 0 aliphatic heterocycles. The summed E-state index contributed by atoms with van der Waals surface area (Å²) in [5.41, 5.74) is 3.58. The van der Waals surface area contributed by atoms with E-state index in [0.717, 1.165) is 18.5 Å². The molecule has 15 heavy (non-hydrogen) atoms. The fourth-order valence-electron chi connectivity index (χ4n) is 1.31. The van der Waals surface area contributed by atoms with E-state index in [0.29, 0.717) is 0 Å². The predicted octanol–water partition coefficient (Wildman–Crippen LogP) is 3.56. The molecule has 1 aromatic rings. The summed E-state index contributed by atoms with van der Waals surface area (Å²) in [6, 6.07) is 8.57. The van der Waals surface area contributed by atoms with E-state index < -0.39 is 0 Å². The largest absolute Gasteiger partial charge is 0.270 e. The Morgan fingerprint density at radius 2 is 1.73 bits per heavy atom. The maximum absolute atomic E-state index is 3.85. The summed E-state index contributed by atoms with van der Waals surface area (Å²) in [5.74, 6) is 0. The minimum Gasteiger partial charge on any atom is -0.270 e. The first-order chi connectivity index (χ1) is 7.26. The number of aliphatic imine (C=N–C) groups is 1. The molecule has 0 heterocycles. The Morgan fingerprint density at radius 3 is 2.20 bits per heavy atom. The molecule has 0 bridgehead atoms. The summed E-state index contributed by atoms with van der Waals surface area (Å²) in [5, 5.41) is 0. The molecule has 0 aliphatic rings. The topological polar surface area (TPSA) is 12.4 Å². The van der Waals surface area contributed by atoms with Crippen molar-refractivity contribution in [1.82, 2.24) is 0 Å². The lowest BCUT2D eigenvalue weighted by Crippen LogP contribution is -1.85. The van der Waals surface area contributed by atoms with Gasteiger partial charge < -0.3 is 0 Å². The summed E-state index contributed by atoms with van der Waals surface area (Å²) < 4.78 is 0.